The van der Waals surface area contributed by atoms with Crippen molar-refractivity contribution in [1.82, 2.24) is 19.7 Å². The number of oxazole rings is 1. The average Bonchev–Trinajstić information content (AvgIpc) is 3.21. The molecule has 0 aliphatic carbocycles. The fraction of sp³-hybridized carbons (Fsp3) is 0.227. The fourth-order valence-corrected chi connectivity index (χ4v) is 3.60. The van der Waals surface area contributed by atoms with Crippen LogP contribution < -0.4 is 11.1 Å². The van der Waals surface area contributed by atoms with E-state index in [2.05, 4.69) is 10.4 Å². The molecule has 0 radical (unpaired) electrons. The van der Waals surface area contributed by atoms with Gasteiger partial charge in [-0.15, -0.1) is 0 Å². The number of nitro groups is 1. The van der Waals surface area contributed by atoms with Crippen LogP contribution in [-0.2, 0) is 24.4 Å². The number of hydrogen-bond acceptors (Lipinski definition) is 6. The van der Waals surface area contributed by atoms with E-state index in [0.29, 0.717) is 12.1 Å². The van der Waals surface area contributed by atoms with Gasteiger partial charge in [0.05, 0.1) is 28.7 Å². The number of nitrogens with one attached hydrogen (secondary N) is 1. The second-order valence-electron chi connectivity index (χ2n) is 7.43. The molecule has 4 aromatic rings. The Bertz CT molecular complexity index is 1370. The first-order valence-corrected chi connectivity index (χ1v) is 9.95. The van der Waals surface area contributed by atoms with Gasteiger partial charge >= 0.3 is 5.76 Å². The second-order valence-corrected chi connectivity index (χ2v) is 7.43. The SMILES string of the molecule is Cc1nn(Cc2ccccc2)c(C)c1CNC(=O)Cn1c(=O)oc2cc([N+](=O)[O-])ccc21. The number of nitrogens with zero attached hydrogens (tertiary/aromatic N) is 4. The molecular formula is C22H21N5O5. The fourth-order valence-electron chi connectivity index (χ4n) is 3.60. The Hall–Kier alpha value is -4.21. The largest absolute Gasteiger partial charge is 0.420 e. The molecule has 0 unspecified atom stereocenters. The van der Waals surface area contributed by atoms with Gasteiger partial charge in [-0.3, -0.25) is 24.2 Å². The monoisotopic (exact) mass is 435 g/mol. The molecule has 1 N–H and O–H groups in total. The lowest BCUT2D eigenvalue weighted by Crippen LogP contribution is -2.30. The van der Waals surface area contributed by atoms with Crippen molar-refractivity contribution in [3.05, 3.63) is 91.7 Å². The van der Waals surface area contributed by atoms with Crippen molar-refractivity contribution in [3.8, 4) is 0 Å². The predicted molar refractivity (Wildman–Crippen MR) is 116 cm³/mol. The van der Waals surface area contributed by atoms with Crippen LogP contribution in [0.1, 0.15) is 22.5 Å². The number of carbonyl (C=O) groups is 1. The van der Waals surface area contributed by atoms with Gasteiger partial charge in [-0.2, -0.15) is 5.10 Å². The van der Waals surface area contributed by atoms with E-state index >= 15 is 0 Å². The Balaban J connectivity index is 1.46. The number of amides is 1. The summed E-state index contributed by atoms with van der Waals surface area (Å²) >= 11 is 0. The summed E-state index contributed by atoms with van der Waals surface area (Å²) in [7, 11) is 0. The van der Waals surface area contributed by atoms with Crippen LogP contribution in [0.2, 0.25) is 0 Å². The van der Waals surface area contributed by atoms with E-state index in [-0.39, 0.29) is 30.3 Å². The number of fused-ring (bicyclic) bond motifs is 1. The highest BCUT2D eigenvalue weighted by Gasteiger charge is 2.17. The lowest BCUT2D eigenvalue weighted by molar-refractivity contribution is -0.384. The molecule has 0 spiro atoms. The Morgan fingerprint density at radius 2 is 1.94 bits per heavy atom. The first-order valence-electron chi connectivity index (χ1n) is 9.95. The van der Waals surface area contributed by atoms with Gasteiger partial charge in [-0.1, -0.05) is 30.3 Å². The van der Waals surface area contributed by atoms with Gasteiger partial charge in [0.15, 0.2) is 5.58 Å². The summed E-state index contributed by atoms with van der Waals surface area (Å²) in [6.07, 6.45) is 0. The zero-order valence-electron chi connectivity index (χ0n) is 17.6. The lowest BCUT2D eigenvalue weighted by atomic mass is 10.2. The number of rotatable bonds is 7. The van der Waals surface area contributed by atoms with Gasteiger partial charge in [0.1, 0.15) is 6.54 Å². The Morgan fingerprint density at radius 3 is 2.66 bits per heavy atom. The van der Waals surface area contributed by atoms with Gasteiger partial charge in [0.2, 0.25) is 5.91 Å². The third kappa shape index (κ3) is 4.15. The molecule has 164 valence electrons. The number of carbonyl (C=O) groups excluding carboxylic acids is 1. The minimum Gasteiger partial charge on any atom is -0.407 e. The molecule has 0 atom stereocenters. The van der Waals surface area contributed by atoms with E-state index in [4.69, 9.17) is 4.42 Å². The highest BCUT2D eigenvalue weighted by atomic mass is 16.6. The smallest absolute Gasteiger partial charge is 0.407 e. The lowest BCUT2D eigenvalue weighted by Gasteiger charge is -2.08. The minimum absolute atomic E-state index is 0.0610. The van der Waals surface area contributed by atoms with E-state index < -0.39 is 10.7 Å². The minimum atomic E-state index is -0.751. The van der Waals surface area contributed by atoms with E-state index in [1.807, 2.05) is 48.9 Å². The second kappa shape index (κ2) is 8.50. The summed E-state index contributed by atoms with van der Waals surface area (Å²) < 4.78 is 8.10. The summed E-state index contributed by atoms with van der Waals surface area (Å²) in [5.74, 6) is -1.14. The van der Waals surface area contributed by atoms with Gasteiger partial charge in [0, 0.05) is 23.9 Å². The molecule has 32 heavy (non-hydrogen) atoms. The molecule has 2 aromatic heterocycles. The van der Waals surface area contributed by atoms with Gasteiger partial charge in [-0.05, 0) is 25.5 Å². The van der Waals surface area contributed by atoms with Crippen LogP contribution in [0.15, 0.2) is 57.7 Å². The van der Waals surface area contributed by atoms with Crippen LogP contribution in [0.4, 0.5) is 5.69 Å². The molecule has 2 heterocycles. The predicted octanol–water partition coefficient (Wildman–Crippen LogP) is 2.68. The van der Waals surface area contributed by atoms with Crippen molar-refractivity contribution in [2.75, 3.05) is 0 Å². The molecule has 2 aromatic carbocycles. The summed E-state index contributed by atoms with van der Waals surface area (Å²) in [6.45, 7) is 4.47. The molecule has 0 fully saturated rings. The van der Waals surface area contributed by atoms with Crippen LogP contribution in [0, 0.1) is 24.0 Å². The molecule has 0 saturated carbocycles. The highest BCUT2D eigenvalue weighted by Crippen LogP contribution is 2.20. The molecule has 0 aliphatic rings. The molecular weight excluding hydrogens is 414 g/mol. The van der Waals surface area contributed by atoms with Gasteiger partial charge in [0.25, 0.3) is 5.69 Å². The molecule has 10 heteroatoms. The Morgan fingerprint density at radius 1 is 1.19 bits per heavy atom. The standard InChI is InChI=1S/C22H21N5O5/c1-14-18(15(2)26(24-14)12-16-6-4-3-5-7-16)11-23-21(28)13-25-19-9-8-17(27(30)31)10-20(19)32-22(25)29/h3-10H,11-13H2,1-2H3,(H,23,28). The highest BCUT2D eigenvalue weighted by molar-refractivity contribution is 5.80. The van der Waals surface area contributed by atoms with Crippen molar-refractivity contribution >= 4 is 22.7 Å². The number of aromatic nitrogens is 3. The molecule has 10 nitrogen and oxygen atoms in total. The maximum absolute atomic E-state index is 12.5. The van der Waals surface area contributed by atoms with Crippen molar-refractivity contribution in [3.63, 3.8) is 0 Å². The van der Waals surface area contributed by atoms with Crippen LogP contribution in [0.25, 0.3) is 11.1 Å². The molecule has 0 bridgehead atoms. The topological polar surface area (TPSA) is 125 Å². The number of benzene rings is 2. The number of aryl methyl sites for hydroxylation is 1. The first kappa shape index (κ1) is 21.0. The maximum Gasteiger partial charge on any atom is 0.420 e. The molecule has 1 amide bonds. The summed E-state index contributed by atoms with van der Waals surface area (Å²) in [5, 5.41) is 18.3. The zero-order chi connectivity index (χ0) is 22.8. The summed E-state index contributed by atoms with van der Waals surface area (Å²) in [5.41, 5.74) is 3.99. The Kier molecular flexibility index (Phi) is 5.59. The molecule has 4 rings (SSSR count). The quantitative estimate of drug-likeness (QED) is 0.351. The van der Waals surface area contributed by atoms with Crippen LogP contribution in [-0.4, -0.2) is 25.2 Å². The van der Waals surface area contributed by atoms with Crippen molar-refractivity contribution in [2.45, 2.75) is 33.5 Å². The molecule has 0 saturated heterocycles. The van der Waals surface area contributed by atoms with Crippen molar-refractivity contribution in [2.24, 2.45) is 0 Å². The summed E-state index contributed by atoms with van der Waals surface area (Å²) in [4.78, 5) is 35.0. The van der Waals surface area contributed by atoms with Gasteiger partial charge < -0.3 is 9.73 Å². The average molecular weight is 435 g/mol. The normalized spacial score (nSPS) is 11.1. The zero-order valence-corrected chi connectivity index (χ0v) is 17.6. The van der Waals surface area contributed by atoms with Crippen LogP contribution in [0.3, 0.4) is 0 Å². The molecule has 0 aliphatic heterocycles. The first-order chi connectivity index (χ1) is 15.3. The van der Waals surface area contributed by atoms with E-state index in [1.165, 1.54) is 18.2 Å². The number of hydrogen-bond donors (Lipinski definition) is 1. The van der Waals surface area contributed by atoms with E-state index in [9.17, 15) is 19.7 Å². The van der Waals surface area contributed by atoms with Crippen LogP contribution >= 0.6 is 0 Å². The van der Waals surface area contributed by atoms with E-state index in [0.717, 1.165) is 27.1 Å². The summed E-state index contributed by atoms with van der Waals surface area (Å²) in [6, 6.07) is 13.8. The van der Waals surface area contributed by atoms with Crippen LogP contribution in [0.5, 0.6) is 0 Å². The van der Waals surface area contributed by atoms with E-state index in [1.54, 1.807) is 0 Å². The van der Waals surface area contributed by atoms with Crippen molar-refractivity contribution < 1.29 is 14.1 Å². The Labute approximate surface area is 182 Å². The third-order valence-corrected chi connectivity index (χ3v) is 5.33. The third-order valence-electron chi connectivity index (χ3n) is 5.33. The number of nitro benzene ring substituents is 1. The maximum atomic E-state index is 12.5. The van der Waals surface area contributed by atoms with Crippen molar-refractivity contribution in [1.29, 1.82) is 0 Å². The number of non-ortho nitro benzene ring substituents is 1. The van der Waals surface area contributed by atoms with Gasteiger partial charge in [-0.25, -0.2) is 4.79 Å².